The molecule has 0 spiro atoms. The smallest absolute Gasteiger partial charge is 0.348 e. The second-order valence-corrected chi connectivity index (χ2v) is 7.88. The number of esters is 1. The summed E-state index contributed by atoms with van der Waals surface area (Å²) in [6.07, 6.45) is 0.567. The molecule has 2 aliphatic heterocycles. The van der Waals surface area contributed by atoms with Crippen molar-refractivity contribution in [2.45, 2.75) is 19.5 Å². The molecule has 29 heavy (non-hydrogen) atoms. The summed E-state index contributed by atoms with van der Waals surface area (Å²) in [5.74, 6) is 1.45. The summed E-state index contributed by atoms with van der Waals surface area (Å²) in [5.41, 5.74) is 3.10. The van der Waals surface area contributed by atoms with Crippen molar-refractivity contribution >= 4 is 22.3 Å². The molecule has 8 nitrogen and oxygen atoms in total. The lowest BCUT2D eigenvalue weighted by atomic mass is 9.95. The van der Waals surface area contributed by atoms with Gasteiger partial charge in [0.25, 0.3) is 0 Å². The number of hydrogen-bond acceptors (Lipinski definition) is 9. The summed E-state index contributed by atoms with van der Waals surface area (Å²) in [6.45, 7) is 2.72. The van der Waals surface area contributed by atoms with Crippen LogP contribution in [0.25, 0.3) is 0 Å². The lowest BCUT2D eigenvalue weighted by molar-refractivity contribution is 0.0605. The predicted molar refractivity (Wildman–Crippen MR) is 107 cm³/mol. The Morgan fingerprint density at radius 1 is 1.41 bits per heavy atom. The van der Waals surface area contributed by atoms with E-state index >= 15 is 0 Å². The number of nitrogens with one attached hydrogen (secondary N) is 1. The summed E-state index contributed by atoms with van der Waals surface area (Å²) in [5, 5.41) is 13.7. The third-order valence-corrected chi connectivity index (χ3v) is 6.50. The molecule has 0 amide bonds. The van der Waals surface area contributed by atoms with Gasteiger partial charge in [0.05, 0.1) is 19.8 Å². The summed E-state index contributed by atoms with van der Waals surface area (Å²) < 4.78 is 21.7. The molecule has 9 heteroatoms. The zero-order valence-corrected chi connectivity index (χ0v) is 17.4. The van der Waals surface area contributed by atoms with Gasteiger partial charge in [-0.05, 0) is 37.6 Å². The van der Waals surface area contributed by atoms with E-state index in [2.05, 4.69) is 16.3 Å². The number of rotatable bonds is 4. The van der Waals surface area contributed by atoms with Crippen LogP contribution in [0.1, 0.15) is 38.1 Å². The van der Waals surface area contributed by atoms with Gasteiger partial charge < -0.3 is 24.3 Å². The highest BCUT2D eigenvalue weighted by molar-refractivity contribution is 7.18. The molecule has 2 aromatic rings. The fourth-order valence-electron chi connectivity index (χ4n) is 3.78. The minimum Gasteiger partial charge on any atom is -0.492 e. The Labute approximate surface area is 172 Å². The van der Waals surface area contributed by atoms with Crippen LogP contribution < -0.4 is 19.5 Å². The number of likely N-dealkylation sites (N-methyl/N-ethyl adjacent to an activating group) is 1. The van der Waals surface area contributed by atoms with Gasteiger partial charge in [-0.25, -0.2) is 4.79 Å². The van der Waals surface area contributed by atoms with Crippen LogP contribution in [0, 0.1) is 18.3 Å². The van der Waals surface area contributed by atoms with Gasteiger partial charge in [-0.15, -0.1) is 11.3 Å². The number of nitriles is 1. The van der Waals surface area contributed by atoms with Gasteiger partial charge in [0.2, 0.25) is 12.5 Å². The van der Waals surface area contributed by atoms with E-state index in [1.165, 1.54) is 18.4 Å². The fraction of sp³-hybridized carbons (Fsp3) is 0.400. The molecule has 0 saturated carbocycles. The molecule has 2 aliphatic rings. The second kappa shape index (κ2) is 7.46. The number of nitrogens with zero attached hydrogens (tertiary/aromatic N) is 2. The zero-order chi connectivity index (χ0) is 20.7. The highest BCUT2D eigenvalue weighted by Gasteiger charge is 2.35. The summed E-state index contributed by atoms with van der Waals surface area (Å²) in [6, 6.07) is 4.20. The van der Waals surface area contributed by atoms with Crippen molar-refractivity contribution in [1.82, 2.24) is 4.90 Å². The quantitative estimate of drug-likeness (QED) is 0.762. The van der Waals surface area contributed by atoms with Crippen LogP contribution in [-0.4, -0.2) is 45.5 Å². The van der Waals surface area contributed by atoms with Gasteiger partial charge in [-0.3, -0.25) is 4.90 Å². The van der Waals surface area contributed by atoms with Crippen molar-refractivity contribution in [3.8, 4) is 23.3 Å². The van der Waals surface area contributed by atoms with Crippen LogP contribution in [0.2, 0.25) is 0 Å². The number of thiophene rings is 1. The molecule has 1 N–H and O–H groups in total. The first kappa shape index (κ1) is 19.4. The molecule has 0 aliphatic carbocycles. The van der Waals surface area contributed by atoms with E-state index in [0.717, 1.165) is 24.1 Å². The van der Waals surface area contributed by atoms with Crippen LogP contribution in [0.4, 0.5) is 5.00 Å². The summed E-state index contributed by atoms with van der Waals surface area (Å²) >= 11 is 1.22. The van der Waals surface area contributed by atoms with Crippen LogP contribution in [0.5, 0.6) is 17.2 Å². The molecule has 0 saturated heterocycles. The van der Waals surface area contributed by atoms with E-state index in [4.69, 9.17) is 18.9 Å². The van der Waals surface area contributed by atoms with Crippen LogP contribution >= 0.6 is 11.3 Å². The Balaban J connectivity index is 1.81. The van der Waals surface area contributed by atoms with Crippen molar-refractivity contribution in [2.75, 3.05) is 39.9 Å². The first-order valence-electron chi connectivity index (χ1n) is 9.08. The Morgan fingerprint density at radius 3 is 2.90 bits per heavy atom. The van der Waals surface area contributed by atoms with Crippen molar-refractivity contribution < 1.29 is 23.7 Å². The molecule has 0 bridgehead atoms. The van der Waals surface area contributed by atoms with Gasteiger partial charge in [0.1, 0.15) is 22.1 Å². The molecule has 0 fully saturated rings. The summed E-state index contributed by atoms with van der Waals surface area (Å²) in [4.78, 5) is 14.6. The highest BCUT2D eigenvalue weighted by Crippen LogP contribution is 2.50. The molecular weight excluding hydrogens is 394 g/mol. The lowest BCUT2D eigenvalue weighted by Crippen LogP contribution is -2.37. The Hall–Kier alpha value is -2.96. The number of anilines is 1. The van der Waals surface area contributed by atoms with Crippen molar-refractivity contribution in [3.63, 3.8) is 0 Å². The van der Waals surface area contributed by atoms with Crippen LogP contribution in [-0.2, 0) is 11.2 Å². The van der Waals surface area contributed by atoms with E-state index in [0.29, 0.717) is 38.3 Å². The number of hydrogen-bond donors (Lipinski definition) is 1. The van der Waals surface area contributed by atoms with E-state index in [1.807, 2.05) is 13.1 Å². The standard InChI is InChI=1S/C20H21N3O5S/c1-10-12(8-21)19(29-17(10)20(24)26-4)22-18-14-11(5-6-23(18)2)7-13-15(16(14)25-3)28-9-27-13/h7,18,22H,5-6,9H2,1-4H3/t18-/m0/s1. The minimum absolute atomic E-state index is 0.160. The van der Waals surface area contributed by atoms with Gasteiger partial charge in [0.15, 0.2) is 11.5 Å². The SMILES string of the molecule is COC(=O)c1sc(N[C@@H]2c3c(cc4c(c3OC)OCO4)CCN2C)c(C#N)c1C. The van der Waals surface area contributed by atoms with E-state index in [-0.39, 0.29) is 13.0 Å². The van der Waals surface area contributed by atoms with Crippen molar-refractivity contribution in [2.24, 2.45) is 0 Å². The van der Waals surface area contributed by atoms with Crippen molar-refractivity contribution in [3.05, 3.63) is 33.2 Å². The average molecular weight is 415 g/mol. The Kier molecular flexibility index (Phi) is 4.98. The highest BCUT2D eigenvalue weighted by atomic mass is 32.1. The number of carbonyl (C=O) groups excluding carboxylic acids is 1. The van der Waals surface area contributed by atoms with Crippen LogP contribution in [0.15, 0.2) is 6.07 Å². The normalized spacial score (nSPS) is 17.4. The molecule has 0 unspecified atom stereocenters. The predicted octanol–water partition coefficient (Wildman–Crippen LogP) is 3.05. The number of ether oxygens (including phenoxy) is 4. The second-order valence-electron chi connectivity index (χ2n) is 6.86. The summed E-state index contributed by atoms with van der Waals surface area (Å²) in [7, 11) is 4.94. The van der Waals surface area contributed by atoms with Gasteiger partial charge in [-0.1, -0.05) is 0 Å². The largest absolute Gasteiger partial charge is 0.492 e. The zero-order valence-electron chi connectivity index (χ0n) is 16.6. The monoisotopic (exact) mass is 415 g/mol. The maximum atomic E-state index is 12.1. The maximum Gasteiger partial charge on any atom is 0.348 e. The van der Waals surface area contributed by atoms with Gasteiger partial charge in [0, 0.05) is 12.1 Å². The molecule has 1 aromatic carbocycles. The molecular formula is C20H21N3O5S. The number of fused-ring (bicyclic) bond motifs is 2. The number of carbonyl (C=O) groups is 1. The minimum atomic E-state index is -0.449. The molecule has 1 aromatic heterocycles. The first-order chi connectivity index (χ1) is 14.0. The molecule has 152 valence electrons. The van der Waals surface area contributed by atoms with E-state index < -0.39 is 5.97 Å². The fourth-order valence-corrected chi connectivity index (χ4v) is 4.87. The topological polar surface area (TPSA) is 93.1 Å². The molecule has 4 rings (SSSR count). The van der Waals surface area contributed by atoms with Gasteiger partial charge >= 0.3 is 5.97 Å². The first-order valence-corrected chi connectivity index (χ1v) is 9.89. The number of methoxy groups -OCH3 is 2. The van der Waals surface area contributed by atoms with Gasteiger partial charge in [-0.2, -0.15) is 5.26 Å². The van der Waals surface area contributed by atoms with E-state index in [9.17, 15) is 10.1 Å². The molecule has 1 atom stereocenters. The lowest BCUT2D eigenvalue weighted by Gasteiger charge is -2.36. The average Bonchev–Trinajstić information content (AvgIpc) is 3.31. The van der Waals surface area contributed by atoms with E-state index in [1.54, 1.807) is 14.0 Å². The third-order valence-electron chi connectivity index (χ3n) is 5.29. The van der Waals surface area contributed by atoms with Crippen LogP contribution in [0.3, 0.4) is 0 Å². The Morgan fingerprint density at radius 2 is 2.21 bits per heavy atom. The Bertz CT molecular complexity index is 1030. The molecule has 3 heterocycles. The third kappa shape index (κ3) is 3.05. The number of benzene rings is 1. The molecule has 0 radical (unpaired) electrons. The maximum absolute atomic E-state index is 12.1. The van der Waals surface area contributed by atoms with Crippen molar-refractivity contribution in [1.29, 1.82) is 5.26 Å².